The molecule has 1 aromatic heterocycles. The minimum absolute atomic E-state index is 0.0889. The van der Waals surface area contributed by atoms with Gasteiger partial charge in [-0.15, -0.1) is 5.10 Å². The largest absolute Gasteiger partial charge is 0.384 e. The molecule has 1 aromatic rings. The fourth-order valence-electron chi connectivity index (χ4n) is 3.67. The Morgan fingerprint density at radius 3 is 2.96 bits per heavy atom. The maximum absolute atomic E-state index is 12.7. The average Bonchev–Trinajstić information content (AvgIpc) is 3.04. The smallest absolute Gasteiger partial charge is 0.252 e. The van der Waals surface area contributed by atoms with E-state index in [0.29, 0.717) is 26.3 Å². The maximum atomic E-state index is 12.7. The number of hydrogen-bond donors (Lipinski definition) is 0. The Hall–Kier alpha value is -1.47. The lowest BCUT2D eigenvalue weighted by atomic mass is 9.98. The minimum Gasteiger partial charge on any atom is -0.384 e. The molecule has 2 fully saturated rings. The fraction of sp³-hybridized carbons (Fsp3) is 0.812. The van der Waals surface area contributed by atoms with E-state index in [1.165, 1.54) is 12.8 Å². The molecule has 0 spiro atoms. The molecule has 0 unspecified atom stereocenters. The van der Waals surface area contributed by atoms with Gasteiger partial charge >= 0.3 is 0 Å². The summed E-state index contributed by atoms with van der Waals surface area (Å²) in [6, 6.07) is 0. The van der Waals surface area contributed by atoms with E-state index in [2.05, 4.69) is 10.3 Å². The summed E-state index contributed by atoms with van der Waals surface area (Å²) >= 11 is 0. The summed E-state index contributed by atoms with van der Waals surface area (Å²) in [5.74, 6) is 0.976. The summed E-state index contributed by atoms with van der Waals surface area (Å²) in [7, 11) is 1.70. The number of carbonyl (C=O) groups is 1. The Morgan fingerprint density at radius 2 is 2.26 bits per heavy atom. The zero-order valence-corrected chi connectivity index (χ0v) is 13.6. The Kier molecular flexibility index (Phi) is 4.07. The molecule has 1 saturated carbocycles. The number of rotatable bonds is 5. The second-order valence-electron chi connectivity index (χ2n) is 6.92. The van der Waals surface area contributed by atoms with Crippen LogP contribution in [0.5, 0.6) is 0 Å². The van der Waals surface area contributed by atoms with Gasteiger partial charge in [0.15, 0.2) is 0 Å². The number of hydrogen-bond acceptors (Lipinski definition) is 5. The standard InChI is InChI=1S/C16H24N4O3/c1-22-10-12-8-19(16(21)14-3-2-6-23-14)9-13-15(12)20(18-17-13)7-11-4-5-11/h11-12,14H,2-10H2,1H3/t12-,14+/m0/s1. The molecule has 7 nitrogen and oxygen atoms in total. The summed E-state index contributed by atoms with van der Waals surface area (Å²) in [5, 5.41) is 8.70. The summed E-state index contributed by atoms with van der Waals surface area (Å²) in [6.07, 6.45) is 4.08. The Bertz CT molecular complexity index is 578. The van der Waals surface area contributed by atoms with Crippen LogP contribution >= 0.6 is 0 Å². The Labute approximate surface area is 135 Å². The molecule has 0 aromatic carbocycles. The molecule has 2 atom stereocenters. The zero-order valence-electron chi connectivity index (χ0n) is 13.6. The van der Waals surface area contributed by atoms with Crippen LogP contribution < -0.4 is 0 Å². The molecule has 23 heavy (non-hydrogen) atoms. The van der Waals surface area contributed by atoms with Gasteiger partial charge in [-0.1, -0.05) is 5.21 Å². The molecule has 1 amide bonds. The molecule has 1 aliphatic carbocycles. The number of aromatic nitrogens is 3. The highest BCUT2D eigenvalue weighted by Gasteiger charge is 2.37. The first-order valence-corrected chi connectivity index (χ1v) is 8.58. The van der Waals surface area contributed by atoms with E-state index >= 15 is 0 Å². The van der Waals surface area contributed by atoms with E-state index in [4.69, 9.17) is 9.47 Å². The maximum Gasteiger partial charge on any atom is 0.252 e. The van der Waals surface area contributed by atoms with E-state index in [-0.39, 0.29) is 17.9 Å². The Morgan fingerprint density at radius 1 is 1.39 bits per heavy atom. The van der Waals surface area contributed by atoms with E-state index in [1.54, 1.807) is 7.11 Å². The molecular weight excluding hydrogens is 296 g/mol. The van der Waals surface area contributed by atoms with Crippen LogP contribution in [0.4, 0.5) is 0 Å². The lowest BCUT2D eigenvalue weighted by Gasteiger charge is -2.33. The van der Waals surface area contributed by atoms with Crippen LogP contribution in [0.15, 0.2) is 0 Å². The number of methoxy groups -OCH3 is 1. The third kappa shape index (κ3) is 2.99. The van der Waals surface area contributed by atoms with Crippen LogP contribution in [0, 0.1) is 5.92 Å². The molecule has 0 bridgehead atoms. The minimum atomic E-state index is -0.277. The molecule has 4 rings (SSSR count). The average molecular weight is 320 g/mol. The fourth-order valence-corrected chi connectivity index (χ4v) is 3.67. The highest BCUT2D eigenvalue weighted by atomic mass is 16.5. The lowest BCUT2D eigenvalue weighted by Crippen LogP contribution is -2.44. The van der Waals surface area contributed by atoms with Crippen LogP contribution in [0.3, 0.4) is 0 Å². The van der Waals surface area contributed by atoms with Crippen molar-refractivity contribution in [2.75, 3.05) is 26.9 Å². The number of fused-ring (bicyclic) bond motifs is 1. The van der Waals surface area contributed by atoms with E-state index in [9.17, 15) is 4.79 Å². The van der Waals surface area contributed by atoms with Crippen molar-refractivity contribution in [1.82, 2.24) is 19.9 Å². The third-order valence-electron chi connectivity index (χ3n) is 5.03. The predicted molar refractivity (Wildman–Crippen MR) is 81.8 cm³/mol. The first kappa shape index (κ1) is 15.1. The van der Waals surface area contributed by atoms with Gasteiger partial charge in [0.25, 0.3) is 5.91 Å². The predicted octanol–water partition coefficient (Wildman–Crippen LogP) is 0.939. The lowest BCUT2D eigenvalue weighted by molar-refractivity contribution is -0.142. The summed E-state index contributed by atoms with van der Waals surface area (Å²) in [5.41, 5.74) is 2.08. The highest BCUT2D eigenvalue weighted by Crippen LogP contribution is 2.34. The Balaban J connectivity index is 1.55. The summed E-state index contributed by atoms with van der Waals surface area (Å²) in [4.78, 5) is 14.5. The van der Waals surface area contributed by atoms with Crippen LogP contribution in [-0.4, -0.2) is 58.8 Å². The molecule has 0 N–H and O–H groups in total. The van der Waals surface area contributed by atoms with Crippen molar-refractivity contribution in [2.45, 2.75) is 50.8 Å². The second-order valence-corrected chi connectivity index (χ2v) is 6.92. The second kappa shape index (κ2) is 6.20. The molecule has 0 radical (unpaired) electrons. The molecule has 3 heterocycles. The molecular formula is C16H24N4O3. The van der Waals surface area contributed by atoms with Gasteiger partial charge < -0.3 is 14.4 Å². The summed E-state index contributed by atoms with van der Waals surface area (Å²) < 4.78 is 13.0. The van der Waals surface area contributed by atoms with Crippen LogP contribution in [0.2, 0.25) is 0 Å². The summed E-state index contributed by atoms with van der Waals surface area (Å²) in [6.45, 7) is 3.42. The van der Waals surface area contributed by atoms with Gasteiger partial charge in [-0.05, 0) is 31.6 Å². The number of ether oxygens (including phenoxy) is 2. The third-order valence-corrected chi connectivity index (χ3v) is 5.03. The monoisotopic (exact) mass is 320 g/mol. The van der Waals surface area contributed by atoms with E-state index in [0.717, 1.165) is 36.7 Å². The first-order chi connectivity index (χ1) is 11.3. The van der Waals surface area contributed by atoms with E-state index in [1.807, 2.05) is 9.58 Å². The zero-order chi connectivity index (χ0) is 15.8. The highest BCUT2D eigenvalue weighted by molar-refractivity contribution is 5.81. The van der Waals surface area contributed by atoms with Gasteiger partial charge in [-0.3, -0.25) is 4.79 Å². The van der Waals surface area contributed by atoms with Crippen molar-refractivity contribution in [1.29, 1.82) is 0 Å². The number of nitrogens with zero attached hydrogens (tertiary/aromatic N) is 4. The van der Waals surface area contributed by atoms with Crippen LogP contribution in [-0.2, 0) is 27.4 Å². The van der Waals surface area contributed by atoms with Gasteiger partial charge in [0, 0.05) is 32.7 Å². The molecule has 1 saturated heterocycles. The molecule has 3 aliphatic rings. The molecule has 2 aliphatic heterocycles. The van der Waals surface area contributed by atoms with Crippen LogP contribution in [0.1, 0.15) is 43.0 Å². The van der Waals surface area contributed by atoms with Gasteiger partial charge in [-0.2, -0.15) is 0 Å². The van der Waals surface area contributed by atoms with Crippen molar-refractivity contribution in [3.63, 3.8) is 0 Å². The van der Waals surface area contributed by atoms with Crippen molar-refractivity contribution in [2.24, 2.45) is 5.92 Å². The van der Waals surface area contributed by atoms with Crippen molar-refractivity contribution < 1.29 is 14.3 Å². The quantitative estimate of drug-likeness (QED) is 0.807. The first-order valence-electron chi connectivity index (χ1n) is 8.58. The molecule has 126 valence electrons. The van der Waals surface area contributed by atoms with E-state index < -0.39 is 0 Å². The van der Waals surface area contributed by atoms with Crippen molar-refractivity contribution in [3.8, 4) is 0 Å². The molecule has 7 heteroatoms. The normalized spacial score (nSPS) is 27.3. The van der Waals surface area contributed by atoms with Gasteiger partial charge in [0.05, 0.1) is 18.8 Å². The van der Waals surface area contributed by atoms with Gasteiger partial charge in [-0.25, -0.2) is 4.68 Å². The van der Waals surface area contributed by atoms with Gasteiger partial charge in [0.1, 0.15) is 11.8 Å². The topological polar surface area (TPSA) is 69.5 Å². The van der Waals surface area contributed by atoms with Crippen LogP contribution in [0.25, 0.3) is 0 Å². The van der Waals surface area contributed by atoms with Crippen molar-refractivity contribution >= 4 is 5.91 Å². The number of amides is 1. The SMILES string of the molecule is COC[C@@H]1CN(C(=O)[C@H]2CCCO2)Cc2nnn(CC3CC3)c21. The van der Waals surface area contributed by atoms with Gasteiger partial charge in [0.2, 0.25) is 0 Å². The number of carbonyl (C=O) groups excluding carboxylic acids is 1. The van der Waals surface area contributed by atoms with Crippen molar-refractivity contribution in [3.05, 3.63) is 11.4 Å².